The second-order valence-corrected chi connectivity index (χ2v) is 7.98. The van der Waals surface area contributed by atoms with Gasteiger partial charge in [0, 0.05) is 37.5 Å². The fourth-order valence-corrected chi connectivity index (χ4v) is 4.25. The first-order valence-electron chi connectivity index (χ1n) is 10.2. The Hall–Kier alpha value is -2.47. The molecule has 1 atom stereocenters. The van der Waals surface area contributed by atoms with Crippen molar-refractivity contribution in [1.29, 1.82) is 0 Å². The topological polar surface area (TPSA) is 82.5 Å². The zero-order chi connectivity index (χ0) is 19.5. The van der Waals surface area contributed by atoms with E-state index >= 15 is 0 Å². The van der Waals surface area contributed by atoms with Crippen LogP contribution in [0.4, 0.5) is 0 Å². The predicted molar refractivity (Wildman–Crippen MR) is 106 cm³/mol. The maximum Gasteiger partial charge on any atom is 0.222 e. The third-order valence-electron chi connectivity index (χ3n) is 5.91. The summed E-state index contributed by atoms with van der Waals surface area (Å²) in [5.74, 6) is 0.414. The molecule has 1 aromatic carbocycles. The van der Waals surface area contributed by atoms with Crippen molar-refractivity contribution in [3.8, 4) is 0 Å². The van der Waals surface area contributed by atoms with Crippen molar-refractivity contribution < 1.29 is 14.7 Å². The summed E-state index contributed by atoms with van der Waals surface area (Å²) < 4.78 is 0. The van der Waals surface area contributed by atoms with Crippen molar-refractivity contribution in [2.24, 2.45) is 5.92 Å². The number of aromatic nitrogens is 1. The van der Waals surface area contributed by atoms with Crippen molar-refractivity contribution >= 4 is 22.7 Å². The van der Waals surface area contributed by atoms with E-state index in [0.717, 1.165) is 29.4 Å². The van der Waals surface area contributed by atoms with Crippen LogP contribution in [0.3, 0.4) is 0 Å². The number of benzene rings is 1. The summed E-state index contributed by atoms with van der Waals surface area (Å²) >= 11 is 0. The van der Waals surface area contributed by atoms with Gasteiger partial charge in [0.1, 0.15) is 0 Å². The minimum atomic E-state index is -0.279. The predicted octanol–water partition coefficient (Wildman–Crippen LogP) is 2.57. The quantitative estimate of drug-likeness (QED) is 0.772. The van der Waals surface area contributed by atoms with Crippen molar-refractivity contribution in [2.75, 3.05) is 13.1 Å². The number of hydrogen-bond acceptors (Lipinski definition) is 4. The number of hydrogen-bond donors (Lipinski definition) is 2. The molecule has 2 aromatic rings. The Kier molecular flexibility index (Phi) is 5.57. The molecule has 2 amide bonds. The Balaban J connectivity index is 1.40. The second-order valence-electron chi connectivity index (χ2n) is 7.98. The van der Waals surface area contributed by atoms with Gasteiger partial charge >= 0.3 is 0 Å². The Bertz CT molecular complexity index is 863. The number of amides is 2. The zero-order valence-corrected chi connectivity index (χ0v) is 16.0. The van der Waals surface area contributed by atoms with Gasteiger partial charge in [0.25, 0.3) is 0 Å². The maximum atomic E-state index is 12.6. The van der Waals surface area contributed by atoms with Gasteiger partial charge in [-0.15, -0.1) is 0 Å². The second kappa shape index (κ2) is 8.27. The van der Waals surface area contributed by atoms with Crippen LogP contribution >= 0.6 is 0 Å². The van der Waals surface area contributed by atoms with E-state index in [-0.39, 0.29) is 29.9 Å². The van der Waals surface area contributed by atoms with Gasteiger partial charge in [-0.25, -0.2) is 0 Å². The molecule has 148 valence electrons. The van der Waals surface area contributed by atoms with E-state index in [4.69, 9.17) is 0 Å². The number of fused-ring (bicyclic) bond motifs is 1. The van der Waals surface area contributed by atoms with Crippen LogP contribution in [0.15, 0.2) is 36.5 Å². The molecular weight excluding hydrogens is 354 g/mol. The van der Waals surface area contributed by atoms with Gasteiger partial charge in [0.15, 0.2) is 0 Å². The number of pyridine rings is 1. The molecule has 2 N–H and O–H groups in total. The normalized spacial score (nSPS) is 22.9. The van der Waals surface area contributed by atoms with Crippen LogP contribution in [0.1, 0.15) is 50.1 Å². The van der Waals surface area contributed by atoms with Gasteiger partial charge in [-0.2, -0.15) is 0 Å². The molecule has 1 aliphatic carbocycles. The van der Waals surface area contributed by atoms with Crippen LogP contribution < -0.4 is 5.32 Å². The van der Waals surface area contributed by atoms with Gasteiger partial charge in [0.05, 0.1) is 17.7 Å². The van der Waals surface area contributed by atoms with Crippen LogP contribution in [-0.4, -0.2) is 46.0 Å². The third kappa shape index (κ3) is 4.17. The highest BCUT2D eigenvalue weighted by atomic mass is 16.3. The molecule has 2 fully saturated rings. The molecule has 0 radical (unpaired) electrons. The van der Waals surface area contributed by atoms with Crippen molar-refractivity contribution in [3.63, 3.8) is 0 Å². The van der Waals surface area contributed by atoms with Crippen LogP contribution in [0.2, 0.25) is 0 Å². The van der Waals surface area contributed by atoms with E-state index in [9.17, 15) is 14.7 Å². The Labute approximate surface area is 164 Å². The Morgan fingerprint density at radius 1 is 1.32 bits per heavy atom. The van der Waals surface area contributed by atoms with Gasteiger partial charge in [-0.1, -0.05) is 18.2 Å². The molecule has 1 saturated heterocycles. The highest BCUT2D eigenvalue weighted by molar-refractivity contribution is 5.80. The lowest BCUT2D eigenvalue weighted by molar-refractivity contribution is -0.128. The maximum absolute atomic E-state index is 12.6. The van der Waals surface area contributed by atoms with Gasteiger partial charge < -0.3 is 15.3 Å². The van der Waals surface area contributed by atoms with Gasteiger partial charge in [-0.05, 0) is 49.3 Å². The number of aliphatic hydroxyl groups is 1. The molecule has 1 unspecified atom stereocenters. The first-order valence-corrected chi connectivity index (χ1v) is 10.2. The summed E-state index contributed by atoms with van der Waals surface area (Å²) in [4.78, 5) is 30.6. The third-order valence-corrected chi connectivity index (χ3v) is 5.91. The van der Waals surface area contributed by atoms with E-state index in [0.29, 0.717) is 38.6 Å². The molecule has 6 nitrogen and oxygen atoms in total. The highest BCUT2D eigenvalue weighted by Crippen LogP contribution is 2.38. The smallest absolute Gasteiger partial charge is 0.222 e. The summed E-state index contributed by atoms with van der Waals surface area (Å²) in [5.41, 5.74) is 1.92. The number of carbonyl (C=O) groups excluding carboxylic acids is 2. The zero-order valence-electron chi connectivity index (χ0n) is 16.0. The van der Waals surface area contributed by atoms with Gasteiger partial charge in [0.2, 0.25) is 11.8 Å². The molecule has 2 aliphatic rings. The molecule has 1 saturated carbocycles. The molecule has 0 spiro atoms. The lowest BCUT2D eigenvalue weighted by atomic mass is 9.75. The fraction of sp³-hybridized carbons (Fsp3) is 0.500. The number of rotatable bonds is 7. The summed E-state index contributed by atoms with van der Waals surface area (Å²) in [7, 11) is 0. The lowest BCUT2D eigenvalue weighted by Gasteiger charge is -2.38. The summed E-state index contributed by atoms with van der Waals surface area (Å²) in [6.45, 7) is 1.46. The number of aliphatic hydroxyl groups excluding tert-OH is 1. The fourth-order valence-electron chi connectivity index (χ4n) is 4.25. The minimum absolute atomic E-state index is 0.00815. The average molecular weight is 381 g/mol. The molecule has 1 aromatic heterocycles. The molecule has 0 bridgehead atoms. The van der Waals surface area contributed by atoms with Crippen molar-refractivity contribution in [3.05, 3.63) is 42.1 Å². The SMILES string of the molecule is O=C(CCCN1CCCC1=O)NC(c1cnc2ccccc2c1)C1CC(O)C1. The largest absolute Gasteiger partial charge is 0.393 e. The summed E-state index contributed by atoms with van der Waals surface area (Å²) in [5, 5.41) is 14.0. The van der Waals surface area contributed by atoms with Crippen molar-refractivity contribution in [1.82, 2.24) is 15.2 Å². The Morgan fingerprint density at radius 3 is 2.89 bits per heavy atom. The highest BCUT2D eigenvalue weighted by Gasteiger charge is 2.35. The minimum Gasteiger partial charge on any atom is -0.393 e. The molecule has 4 rings (SSSR count). The summed E-state index contributed by atoms with van der Waals surface area (Å²) in [6.07, 6.45) is 5.57. The average Bonchev–Trinajstić information content (AvgIpc) is 3.08. The number of carbonyl (C=O) groups is 2. The van der Waals surface area contributed by atoms with E-state index in [1.807, 2.05) is 35.4 Å². The van der Waals surface area contributed by atoms with Crippen LogP contribution in [0.5, 0.6) is 0 Å². The number of para-hydroxylation sites is 1. The lowest BCUT2D eigenvalue weighted by Crippen LogP contribution is -2.41. The number of nitrogens with one attached hydrogen (secondary N) is 1. The molecule has 28 heavy (non-hydrogen) atoms. The van der Waals surface area contributed by atoms with Gasteiger partial charge in [-0.3, -0.25) is 14.6 Å². The van der Waals surface area contributed by atoms with E-state index in [1.165, 1.54) is 0 Å². The van der Waals surface area contributed by atoms with E-state index in [2.05, 4.69) is 16.4 Å². The van der Waals surface area contributed by atoms with Crippen LogP contribution in [0, 0.1) is 5.92 Å². The molecule has 1 aliphatic heterocycles. The molecular formula is C22H27N3O3. The first-order chi connectivity index (χ1) is 13.6. The number of nitrogens with zero attached hydrogens (tertiary/aromatic N) is 2. The molecule has 6 heteroatoms. The first kappa shape index (κ1) is 18.9. The van der Waals surface area contributed by atoms with Crippen molar-refractivity contribution in [2.45, 2.75) is 50.7 Å². The van der Waals surface area contributed by atoms with E-state index < -0.39 is 0 Å². The monoisotopic (exact) mass is 381 g/mol. The summed E-state index contributed by atoms with van der Waals surface area (Å²) in [6, 6.07) is 9.88. The Morgan fingerprint density at radius 2 is 2.14 bits per heavy atom. The van der Waals surface area contributed by atoms with E-state index in [1.54, 1.807) is 0 Å². The van der Waals surface area contributed by atoms with Crippen LogP contribution in [-0.2, 0) is 9.59 Å². The number of likely N-dealkylation sites (tertiary alicyclic amines) is 1. The molecule has 2 heterocycles. The standard InChI is InChI=1S/C22H27N3O3/c26-18-12-16(13-18)22(17-11-15-5-1-2-6-19(15)23-14-17)24-20(27)7-3-9-25-10-4-8-21(25)28/h1-2,5-6,11,14,16,18,22,26H,3-4,7-10,12-13H2,(H,24,27). The van der Waals surface area contributed by atoms with Crippen LogP contribution in [0.25, 0.3) is 10.9 Å².